The molecule has 2 heterocycles. The minimum atomic E-state index is -0.238. The molecular weight excluding hydrogens is 328 g/mol. The van der Waals surface area contributed by atoms with Crippen LogP contribution in [0.2, 0.25) is 0 Å². The lowest BCUT2D eigenvalue weighted by atomic mass is 10.2. The largest absolute Gasteiger partial charge is 0.345 e. The molecule has 7 heteroatoms. The average molecular weight is 348 g/mol. The summed E-state index contributed by atoms with van der Waals surface area (Å²) in [5.74, 6) is -0.238. The van der Waals surface area contributed by atoms with Crippen molar-refractivity contribution in [2.75, 3.05) is 0 Å². The second-order valence-electron chi connectivity index (χ2n) is 6.30. The smallest absolute Gasteiger partial charge is 0.273 e. The van der Waals surface area contributed by atoms with Crippen LogP contribution in [-0.2, 0) is 25.9 Å². The Morgan fingerprint density at radius 3 is 3.04 bits per heavy atom. The van der Waals surface area contributed by atoms with Gasteiger partial charge in [0.25, 0.3) is 5.91 Å². The summed E-state index contributed by atoms with van der Waals surface area (Å²) in [6.07, 6.45) is 8.87. The maximum atomic E-state index is 12.3. The molecule has 0 aliphatic heterocycles. The molecule has 1 aromatic carbocycles. The molecule has 0 spiro atoms. The molecule has 3 aromatic rings. The third kappa shape index (κ3) is 3.56. The fourth-order valence-electron chi connectivity index (χ4n) is 3.14. The highest BCUT2D eigenvalue weighted by Gasteiger charge is 2.19. The number of aryl methyl sites for hydroxylation is 1. The number of hydrogen-bond donors (Lipinski definition) is 2. The summed E-state index contributed by atoms with van der Waals surface area (Å²) >= 11 is 0. The molecule has 0 unspecified atom stereocenters. The van der Waals surface area contributed by atoms with E-state index in [-0.39, 0.29) is 5.91 Å². The monoisotopic (exact) mass is 348 g/mol. The van der Waals surface area contributed by atoms with Crippen LogP contribution in [0.4, 0.5) is 0 Å². The van der Waals surface area contributed by atoms with Gasteiger partial charge in [-0.15, -0.1) is 5.10 Å². The molecule has 26 heavy (non-hydrogen) atoms. The molecule has 2 N–H and O–H groups in total. The zero-order valence-electron chi connectivity index (χ0n) is 14.4. The fraction of sp³-hybridized carbons (Fsp3) is 0.263. The van der Waals surface area contributed by atoms with Crippen molar-refractivity contribution in [2.24, 2.45) is 0 Å². The summed E-state index contributed by atoms with van der Waals surface area (Å²) < 4.78 is 1.64. The first kappa shape index (κ1) is 16.3. The van der Waals surface area contributed by atoms with Crippen LogP contribution in [-0.4, -0.2) is 31.1 Å². The van der Waals surface area contributed by atoms with Crippen LogP contribution in [0, 0.1) is 0 Å². The van der Waals surface area contributed by atoms with Gasteiger partial charge in [0.1, 0.15) is 0 Å². The van der Waals surface area contributed by atoms with Crippen molar-refractivity contribution in [1.82, 2.24) is 30.5 Å². The van der Waals surface area contributed by atoms with Crippen molar-refractivity contribution in [2.45, 2.75) is 32.4 Å². The second-order valence-corrected chi connectivity index (χ2v) is 6.30. The summed E-state index contributed by atoms with van der Waals surface area (Å²) in [4.78, 5) is 12.3. The molecule has 1 amide bonds. The highest BCUT2D eigenvalue weighted by atomic mass is 16.2. The van der Waals surface area contributed by atoms with Crippen LogP contribution in [0.1, 0.15) is 39.4 Å². The van der Waals surface area contributed by atoms with Crippen molar-refractivity contribution in [3.8, 4) is 0 Å². The van der Waals surface area contributed by atoms with Crippen LogP contribution in [0.15, 0.2) is 42.6 Å². The third-order valence-electron chi connectivity index (χ3n) is 4.48. The molecule has 132 valence electrons. The van der Waals surface area contributed by atoms with Gasteiger partial charge in [-0.05, 0) is 30.4 Å². The van der Waals surface area contributed by atoms with Gasteiger partial charge in [-0.3, -0.25) is 9.89 Å². The number of allylic oxidation sites excluding steroid dienone is 1. The molecule has 0 atom stereocenters. The Kier molecular flexibility index (Phi) is 4.59. The van der Waals surface area contributed by atoms with Gasteiger partial charge in [0.05, 0.1) is 25.0 Å². The summed E-state index contributed by atoms with van der Waals surface area (Å²) in [5.41, 5.74) is 4.80. The molecule has 1 aliphatic carbocycles. The molecule has 0 saturated heterocycles. The zero-order valence-corrected chi connectivity index (χ0v) is 14.4. The minimum Gasteiger partial charge on any atom is -0.345 e. The van der Waals surface area contributed by atoms with Gasteiger partial charge in [0.15, 0.2) is 5.69 Å². The van der Waals surface area contributed by atoms with Crippen molar-refractivity contribution < 1.29 is 4.79 Å². The molecular formula is C19H20N6O. The van der Waals surface area contributed by atoms with Gasteiger partial charge in [0.2, 0.25) is 0 Å². The van der Waals surface area contributed by atoms with Gasteiger partial charge in [-0.2, -0.15) is 5.10 Å². The Labute approximate surface area is 151 Å². The van der Waals surface area contributed by atoms with E-state index in [1.165, 1.54) is 11.3 Å². The predicted molar refractivity (Wildman–Crippen MR) is 97.3 cm³/mol. The number of carbonyl (C=O) groups excluding carboxylic acids is 1. The molecule has 0 bridgehead atoms. The highest BCUT2D eigenvalue weighted by molar-refractivity contribution is 5.91. The normalized spacial score (nSPS) is 13.2. The standard InChI is InChI=1S/C19H20N6O/c26-19(20-12-17-15-9-4-10-16(15)21-22-17)18-13-25(24-23-18)11-5-8-14-6-2-1-3-7-14/h1-3,5-8,13H,4,9-12H2,(H,20,26)(H,21,22)/b8-5+. The SMILES string of the molecule is O=C(NCc1n[nH]c2c1CCC2)c1cn(C/C=C/c2ccccc2)nn1. The number of aromatic nitrogens is 5. The number of aromatic amines is 1. The topological polar surface area (TPSA) is 88.5 Å². The molecule has 7 nitrogen and oxygen atoms in total. The number of hydrogen-bond acceptors (Lipinski definition) is 4. The quantitative estimate of drug-likeness (QED) is 0.714. The lowest BCUT2D eigenvalue weighted by Gasteiger charge is -2.01. The van der Waals surface area contributed by atoms with E-state index in [9.17, 15) is 4.79 Å². The van der Waals surface area contributed by atoms with Crippen molar-refractivity contribution in [3.63, 3.8) is 0 Å². The maximum Gasteiger partial charge on any atom is 0.273 e. The van der Waals surface area contributed by atoms with Gasteiger partial charge < -0.3 is 5.32 Å². The number of carbonyl (C=O) groups is 1. The summed E-state index contributed by atoms with van der Waals surface area (Å²) in [6.45, 7) is 0.966. The molecule has 2 aromatic heterocycles. The Bertz CT molecular complexity index is 925. The van der Waals surface area contributed by atoms with Crippen molar-refractivity contribution >= 4 is 12.0 Å². The van der Waals surface area contributed by atoms with E-state index < -0.39 is 0 Å². The second kappa shape index (κ2) is 7.35. The Morgan fingerprint density at radius 1 is 1.27 bits per heavy atom. The Balaban J connectivity index is 1.32. The van der Waals surface area contributed by atoms with E-state index in [1.54, 1.807) is 10.9 Å². The van der Waals surface area contributed by atoms with Crippen LogP contribution in [0.3, 0.4) is 0 Å². The van der Waals surface area contributed by atoms with Crippen molar-refractivity contribution in [1.29, 1.82) is 0 Å². The first-order chi connectivity index (χ1) is 12.8. The molecule has 1 aliphatic rings. The van der Waals surface area contributed by atoms with E-state index in [0.29, 0.717) is 18.8 Å². The van der Waals surface area contributed by atoms with E-state index in [4.69, 9.17) is 0 Å². The molecule has 0 fully saturated rings. The summed E-state index contributed by atoms with van der Waals surface area (Å²) in [5, 5.41) is 18.2. The van der Waals surface area contributed by atoms with E-state index in [2.05, 4.69) is 25.8 Å². The maximum absolute atomic E-state index is 12.3. The zero-order chi connectivity index (χ0) is 17.8. The highest BCUT2D eigenvalue weighted by Crippen LogP contribution is 2.22. The summed E-state index contributed by atoms with van der Waals surface area (Å²) in [7, 11) is 0. The number of rotatable bonds is 6. The minimum absolute atomic E-state index is 0.238. The lowest BCUT2D eigenvalue weighted by molar-refractivity contribution is 0.0945. The average Bonchev–Trinajstić information content (AvgIpc) is 3.38. The number of H-pyrrole nitrogens is 1. The molecule has 0 saturated carbocycles. The Hall–Kier alpha value is -3.22. The fourth-order valence-corrected chi connectivity index (χ4v) is 3.14. The number of benzene rings is 1. The predicted octanol–water partition coefficient (Wildman–Crippen LogP) is 2.13. The summed E-state index contributed by atoms with van der Waals surface area (Å²) in [6, 6.07) is 10.0. The van der Waals surface area contributed by atoms with Crippen LogP contribution < -0.4 is 5.32 Å². The van der Waals surface area contributed by atoms with E-state index in [0.717, 1.165) is 30.5 Å². The van der Waals surface area contributed by atoms with Crippen LogP contribution in [0.25, 0.3) is 6.08 Å². The number of fused-ring (bicyclic) bond motifs is 1. The van der Waals surface area contributed by atoms with Gasteiger partial charge >= 0.3 is 0 Å². The van der Waals surface area contributed by atoms with Gasteiger partial charge in [0, 0.05) is 5.69 Å². The third-order valence-corrected chi connectivity index (χ3v) is 4.48. The van der Waals surface area contributed by atoms with Crippen LogP contribution in [0.5, 0.6) is 0 Å². The first-order valence-electron chi connectivity index (χ1n) is 8.74. The van der Waals surface area contributed by atoms with Crippen LogP contribution >= 0.6 is 0 Å². The first-order valence-corrected chi connectivity index (χ1v) is 8.74. The lowest BCUT2D eigenvalue weighted by Crippen LogP contribution is -2.23. The van der Waals surface area contributed by atoms with Crippen molar-refractivity contribution in [3.05, 3.63) is 70.8 Å². The molecule has 4 rings (SSSR count). The number of amides is 1. The van der Waals surface area contributed by atoms with Gasteiger partial charge in [-0.25, -0.2) is 4.68 Å². The number of nitrogens with one attached hydrogen (secondary N) is 2. The Morgan fingerprint density at radius 2 is 2.15 bits per heavy atom. The van der Waals surface area contributed by atoms with Gasteiger partial charge in [-0.1, -0.05) is 47.7 Å². The number of nitrogens with zero attached hydrogens (tertiary/aromatic N) is 4. The molecule has 0 radical (unpaired) electrons. The van der Waals surface area contributed by atoms with E-state index >= 15 is 0 Å². The van der Waals surface area contributed by atoms with E-state index in [1.807, 2.05) is 42.5 Å².